The van der Waals surface area contributed by atoms with Crippen molar-refractivity contribution < 1.29 is 10.2 Å². The Kier molecular flexibility index (Phi) is 3.13. The molecule has 0 aromatic rings. The molecule has 0 heterocycles. The highest BCUT2D eigenvalue weighted by molar-refractivity contribution is 4.89. The van der Waals surface area contributed by atoms with Crippen LogP contribution in [-0.2, 0) is 0 Å². The van der Waals surface area contributed by atoms with Crippen LogP contribution >= 0.6 is 0 Å². The zero-order valence-electron chi connectivity index (χ0n) is 8.20. The Morgan fingerprint density at radius 1 is 1.42 bits per heavy atom. The van der Waals surface area contributed by atoms with Crippen molar-refractivity contribution in [3.05, 3.63) is 0 Å². The van der Waals surface area contributed by atoms with E-state index in [9.17, 15) is 5.11 Å². The average molecular weight is 172 g/mol. The fraction of sp³-hybridized carbons (Fsp3) is 1.00. The molecule has 1 aliphatic carbocycles. The van der Waals surface area contributed by atoms with Crippen LogP contribution in [0.1, 0.15) is 27.2 Å². The minimum Gasteiger partial charge on any atom is -0.396 e. The van der Waals surface area contributed by atoms with Gasteiger partial charge in [-0.25, -0.2) is 0 Å². The maximum absolute atomic E-state index is 9.82. The van der Waals surface area contributed by atoms with Crippen LogP contribution in [0.25, 0.3) is 0 Å². The molecule has 0 unspecified atom stereocenters. The van der Waals surface area contributed by atoms with E-state index in [0.29, 0.717) is 17.8 Å². The van der Waals surface area contributed by atoms with E-state index in [1.54, 1.807) is 0 Å². The van der Waals surface area contributed by atoms with Gasteiger partial charge in [0.15, 0.2) is 0 Å². The monoisotopic (exact) mass is 172 g/mol. The highest BCUT2D eigenvalue weighted by atomic mass is 16.3. The van der Waals surface area contributed by atoms with E-state index < -0.39 is 0 Å². The molecule has 1 rings (SSSR count). The number of hydrogen-bond acceptors (Lipinski definition) is 2. The Morgan fingerprint density at radius 2 is 2.00 bits per heavy atom. The third-order valence-electron chi connectivity index (χ3n) is 3.39. The van der Waals surface area contributed by atoms with E-state index in [4.69, 9.17) is 5.11 Å². The zero-order valence-corrected chi connectivity index (χ0v) is 8.20. The van der Waals surface area contributed by atoms with Crippen LogP contribution in [0.15, 0.2) is 0 Å². The van der Waals surface area contributed by atoms with E-state index in [1.807, 2.05) is 6.92 Å². The number of rotatable bonds is 2. The van der Waals surface area contributed by atoms with Gasteiger partial charge in [-0.3, -0.25) is 0 Å². The van der Waals surface area contributed by atoms with Crippen LogP contribution < -0.4 is 0 Å². The van der Waals surface area contributed by atoms with Gasteiger partial charge in [0.05, 0.1) is 6.10 Å². The maximum Gasteiger partial charge on any atom is 0.0599 e. The van der Waals surface area contributed by atoms with E-state index in [2.05, 4.69) is 13.8 Å². The minimum absolute atomic E-state index is 0.206. The number of hydrogen-bond donors (Lipinski definition) is 2. The summed E-state index contributed by atoms with van der Waals surface area (Å²) in [4.78, 5) is 0. The summed E-state index contributed by atoms with van der Waals surface area (Å²) in [7, 11) is 0. The summed E-state index contributed by atoms with van der Waals surface area (Å²) in [6, 6.07) is 0. The smallest absolute Gasteiger partial charge is 0.0599 e. The molecule has 0 aromatic heterocycles. The first-order valence-electron chi connectivity index (χ1n) is 4.86. The zero-order chi connectivity index (χ0) is 9.30. The topological polar surface area (TPSA) is 40.5 Å². The summed E-state index contributed by atoms with van der Waals surface area (Å²) >= 11 is 0. The molecule has 2 nitrogen and oxygen atoms in total. The fourth-order valence-corrected chi connectivity index (χ4v) is 2.28. The predicted molar refractivity (Wildman–Crippen MR) is 48.7 cm³/mol. The van der Waals surface area contributed by atoms with Crippen molar-refractivity contribution in [2.45, 2.75) is 33.3 Å². The fourth-order valence-electron chi connectivity index (χ4n) is 2.28. The summed E-state index contributed by atoms with van der Waals surface area (Å²) in [5.74, 6) is 1.49. The highest BCUT2D eigenvalue weighted by Gasteiger charge is 2.40. The lowest BCUT2D eigenvalue weighted by molar-refractivity contribution is 0.0678. The van der Waals surface area contributed by atoms with Gasteiger partial charge < -0.3 is 10.2 Å². The van der Waals surface area contributed by atoms with Gasteiger partial charge in [-0.05, 0) is 30.1 Å². The van der Waals surface area contributed by atoms with Crippen molar-refractivity contribution in [1.82, 2.24) is 0 Å². The van der Waals surface area contributed by atoms with E-state index in [1.165, 1.54) is 0 Å². The van der Waals surface area contributed by atoms with E-state index in [0.717, 1.165) is 6.42 Å². The molecule has 1 saturated carbocycles. The summed E-state index contributed by atoms with van der Waals surface area (Å²) in [5.41, 5.74) is 0. The van der Waals surface area contributed by atoms with Gasteiger partial charge in [-0.1, -0.05) is 20.8 Å². The van der Waals surface area contributed by atoms with Crippen LogP contribution in [-0.4, -0.2) is 22.9 Å². The quantitative estimate of drug-likeness (QED) is 0.658. The first kappa shape index (κ1) is 10.0. The van der Waals surface area contributed by atoms with Crippen LogP contribution in [0.4, 0.5) is 0 Å². The molecular weight excluding hydrogens is 152 g/mol. The Morgan fingerprint density at radius 3 is 2.25 bits per heavy atom. The summed E-state index contributed by atoms with van der Waals surface area (Å²) in [6.07, 6.45) is 0.776. The lowest BCUT2D eigenvalue weighted by Crippen LogP contribution is -2.24. The molecule has 0 saturated heterocycles. The van der Waals surface area contributed by atoms with Crippen molar-refractivity contribution in [1.29, 1.82) is 0 Å². The van der Waals surface area contributed by atoms with Crippen molar-refractivity contribution in [3.63, 3.8) is 0 Å². The normalized spacial score (nSPS) is 42.5. The van der Waals surface area contributed by atoms with Gasteiger partial charge in [-0.2, -0.15) is 0 Å². The average Bonchev–Trinajstić information content (AvgIpc) is 2.30. The third-order valence-corrected chi connectivity index (χ3v) is 3.39. The van der Waals surface area contributed by atoms with Crippen LogP contribution in [0, 0.1) is 23.7 Å². The first-order valence-corrected chi connectivity index (χ1v) is 4.86. The molecule has 0 aromatic carbocycles. The molecule has 1 aliphatic rings. The van der Waals surface area contributed by atoms with Gasteiger partial charge in [0.2, 0.25) is 0 Å². The van der Waals surface area contributed by atoms with Gasteiger partial charge in [0.25, 0.3) is 0 Å². The third kappa shape index (κ3) is 1.64. The van der Waals surface area contributed by atoms with Gasteiger partial charge >= 0.3 is 0 Å². The molecule has 0 bridgehead atoms. The van der Waals surface area contributed by atoms with Gasteiger partial charge in [-0.15, -0.1) is 0 Å². The molecule has 2 N–H and O–H groups in total. The van der Waals surface area contributed by atoms with Crippen LogP contribution in [0.2, 0.25) is 0 Å². The van der Waals surface area contributed by atoms with Crippen LogP contribution in [0.3, 0.4) is 0 Å². The Balaban J connectivity index is 2.60. The molecule has 0 spiro atoms. The van der Waals surface area contributed by atoms with Crippen molar-refractivity contribution in [2.75, 3.05) is 6.61 Å². The summed E-state index contributed by atoms with van der Waals surface area (Å²) in [6.45, 7) is 6.54. The number of aliphatic hydroxyl groups is 2. The molecule has 72 valence electrons. The highest BCUT2D eigenvalue weighted by Crippen LogP contribution is 2.39. The second-order valence-electron chi connectivity index (χ2n) is 4.44. The minimum atomic E-state index is -0.206. The Hall–Kier alpha value is -0.0800. The molecule has 2 heteroatoms. The molecule has 1 fully saturated rings. The second kappa shape index (κ2) is 3.75. The maximum atomic E-state index is 9.82. The van der Waals surface area contributed by atoms with E-state index >= 15 is 0 Å². The molecule has 12 heavy (non-hydrogen) atoms. The molecule has 0 aliphatic heterocycles. The van der Waals surface area contributed by atoms with Crippen LogP contribution in [0.5, 0.6) is 0 Å². The molecule has 0 radical (unpaired) electrons. The molecule has 4 atom stereocenters. The predicted octanol–water partition coefficient (Wildman–Crippen LogP) is 1.27. The second-order valence-corrected chi connectivity index (χ2v) is 4.44. The Bertz CT molecular complexity index is 145. The van der Waals surface area contributed by atoms with Crippen molar-refractivity contribution in [2.24, 2.45) is 23.7 Å². The lowest BCUT2D eigenvalue weighted by Gasteiger charge is -2.20. The van der Waals surface area contributed by atoms with Crippen molar-refractivity contribution >= 4 is 0 Å². The molecule has 0 amide bonds. The number of aliphatic hydroxyl groups excluding tert-OH is 2. The van der Waals surface area contributed by atoms with E-state index in [-0.39, 0.29) is 18.6 Å². The first-order chi connectivity index (χ1) is 5.57. The Labute approximate surface area is 74.6 Å². The molecular formula is C10H20O2. The SMILES string of the molecule is CC(C)[C@@H]1C[C@H](CO)[C@@H](C)[C@H]1O. The summed E-state index contributed by atoms with van der Waals surface area (Å²) < 4.78 is 0. The summed E-state index contributed by atoms with van der Waals surface area (Å²) in [5, 5.41) is 18.9. The van der Waals surface area contributed by atoms with Gasteiger partial charge in [0.1, 0.15) is 0 Å². The standard InChI is InChI=1S/C10H20O2/c1-6(2)9-4-8(5-11)7(3)10(9)12/h6-12H,4-5H2,1-3H3/t7-,8-,9+,10-/m1/s1. The van der Waals surface area contributed by atoms with Crippen molar-refractivity contribution in [3.8, 4) is 0 Å². The lowest BCUT2D eigenvalue weighted by atomic mass is 9.91. The largest absolute Gasteiger partial charge is 0.396 e. The van der Waals surface area contributed by atoms with Gasteiger partial charge in [0, 0.05) is 6.61 Å².